The molecule has 1 atom stereocenters. The zero-order chi connectivity index (χ0) is 28.5. The van der Waals surface area contributed by atoms with Crippen LogP contribution in [-0.2, 0) is 10.0 Å². The summed E-state index contributed by atoms with van der Waals surface area (Å²) >= 11 is 5.78. The van der Waals surface area contributed by atoms with Gasteiger partial charge in [-0.05, 0) is 67.1 Å². The molecule has 1 aromatic heterocycles. The van der Waals surface area contributed by atoms with Crippen LogP contribution in [0.2, 0.25) is 5.15 Å². The van der Waals surface area contributed by atoms with E-state index in [2.05, 4.69) is 10.3 Å². The summed E-state index contributed by atoms with van der Waals surface area (Å²) in [6, 6.07) is 16.1. The average Bonchev–Trinajstić information content (AvgIpc) is 2.93. The Labute approximate surface area is 239 Å². The maximum absolute atomic E-state index is 12.7. The van der Waals surface area contributed by atoms with Crippen LogP contribution in [0.25, 0.3) is 11.1 Å². The van der Waals surface area contributed by atoms with Gasteiger partial charge in [-0.25, -0.2) is 18.1 Å². The second-order valence-corrected chi connectivity index (χ2v) is 11.9. The normalized spacial score (nSPS) is 14.9. The molecular weight excluding hydrogens is 554 g/mol. The number of ether oxygens (including phenoxy) is 2. The molecule has 11 heteroatoms. The molecule has 0 bridgehead atoms. The highest BCUT2D eigenvalue weighted by Gasteiger charge is 2.21. The number of nitrogens with zero attached hydrogens (tertiary/aromatic N) is 1. The molecule has 1 saturated carbocycles. The maximum atomic E-state index is 12.7. The van der Waals surface area contributed by atoms with Crippen molar-refractivity contribution in [3.63, 3.8) is 0 Å². The lowest BCUT2D eigenvalue weighted by Gasteiger charge is -2.24. The van der Waals surface area contributed by atoms with E-state index in [-0.39, 0.29) is 11.7 Å². The number of benzene rings is 2. The van der Waals surface area contributed by atoms with Gasteiger partial charge < -0.3 is 19.9 Å². The van der Waals surface area contributed by atoms with Gasteiger partial charge in [-0.2, -0.15) is 0 Å². The lowest BCUT2D eigenvalue weighted by atomic mass is 9.97. The monoisotopic (exact) mass is 587 g/mol. The van der Waals surface area contributed by atoms with Crippen molar-refractivity contribution in [1.29, 1.82) is 0 Å². The molecule has 1 aliphatic rings. The van der Waals surface area contributed by atoms with Gasteiger partial charge in [-0.15, -0.1) is 0 Å². The number of hydrogen-bond acceptors (Lipinski definition) is 8. The van der Waals surface area contributed by atoms with E-state index < -0.39 is 22.0 Å². The van der Waals surface area contributed by atoms with E-state index in [1.54, 1.807) is 36.5 Å². The molecule has 214 valence electrons. The van der Waals surface area contributed by atoms with Crippen LogP contribution < -0.4 is 19.5 Å². The number of carbonyl (C=O) groups excluding carboxylic acids is 1. The second kappa shape index (κ2) is 13.9. The average molecular weight is 588 g/mol. The number of pyridine rings is 1. The van der Waals surface area contributed by atoms with E-state index in [0.717, 1.165) is 49.5 Å². The third-order valence-electron chi connectivity index (χ3n) is 6.56. The van der Waals surface area contributed by atoms with Crippen molar-refractivity contribution in [3.8, 4) is 22.6 Å². The van der Waals surface area contributed by atoms with Gasteiger partial charge in [-0.1, -0.05) is 42.3 Å². The minimum Gasteiger partial charge on any atom is -0.492 e. The predicted octanol–water partition coefficient (Wildman–Crippen LogP) is 4.50. The van der Waals surface area contributed by atoms with Crippen LogP contribution >= 0.6 is 11.6 Å². The van der Waals surface area contributed by atoms with E-state index >= 15 is 0 Å². The molecule has 1 heterocycles. The van der Waals surface area contributed by atoms with Gasteiger partial charge in [0.2, 0.25) is 10.0 Å². The molecule has 40 heavy (non-hydrogen) atoms. The molecule has 1 amide bonds. The third-order valence-corrected chi connectivity index (χ3v) is 7.34. The molecule has 3 aromatic rings. The van der Waals surface area contributed by atoms with Crippen LogP contribution in [0.3, 0.4) is 0 Å². The lowest BCUT2D eigenvalue weighted by Crippen LogP contribution is -2.30. The Kier molecular flexibility index (Phi) is 10.4. The lowest BCUT2D eigenvalue weighted by molar-refractivity contribution is 0.0969. The molecule has 4 rings (SSSR count). The largest absolute Gasteiger partial charge is 0.492 e. The number of nitrogens with one attached hydrogen (secondary N) is 2. The van der Waals surface area contributed by atoms with Crippen molar-refractivity contribution in [3.05, 3.63) is 77.1 Å². The summed E-state index contributed by atoms with van der Waals surface area (Å²) in [5.74, 6) is 0.346. The molecular formula is C29H34ClN3O6S. The van der Waals surface area contributed by atoms with Crippen molar-refractivity contribution in [2.45, 2.75) is 44.3 Å². The van der Waals surface area contributed by atoms with Crippen molar-refractivity contribution >= 4 is 27.5 Å². The number of sulfonamides is 1. The Morgan fingerprint density at radius 3 is 2.48 bits per heavy atom. The number of amides is 1. The minimum atomic E-state index is -3.71. The molecule has 0 unspecified atom stereocenters. The predicted molar refractivity (Wildman–Crippen MR) is 154 cm³/mol. The van der Waals surface area contributed by atoms with Gasteiger partial charge in [0.15, 0.2) is 0 Å². The van der Waals surface area contributed by atoms with Gasteiger partial charge >= 0.3 is 0 Å². The van der Waals surface area contributed by atoms with Gasteiger partial charge in [0.05, 0.1) is 24.0 Å². The van der Waals surface area contributed by atoms with Crippen molar-refractivity contribution in [2.24, 2.45) is 0 Å². The summed E-state index contributed by atoms with van der Waals surface area (Å²) in [6.07, 6.45) is 6.87. The molecule has 2 aromatic carbocycles. The molecule has 0 aliphatic heterocycles. The van der Waals surface area contributed by atoms with Gasteiger partial charge in [0, 0.05) is 24.8 Å². The summed E-state index contributed by atoms with van der Waals surface area (Å²) in [4.78, 5) is 16.6. The quantitative estimate of drug-likeness (QED) is 0.209. The van der Waals surface area contributed by atoms with Gasteiger partial charge in [0.25, 0.3) is 5.91 Å². The summed E-state index contributed by atoms with van der Waals surface area (Å²) in [6.45, 7) is 1.31. The number of carbonyl (C=O) groups is 1. The molecule has 9 nitrogen and oxygen atoms in total. The van der Waals surface area contributed by atoms with Crippen LogP contribution in [0.1, 0.15) is 54.1 Å². The summed E-state index contributed by atoms with van der Waals surface area (Å²) in [7, 11) is -3.71. The number of halogens is 1. The van der Waals surface area contributed by atoms with E-state index in [9.17, 15) is 18.3 Å². The Balaban J connectivity index is 1.35. The van der Waals surface area contributed by atoms with Gasteiger partial charge in [-0.3, -0.25) is 4.79 Å². The summed E-state index contributed by atoms with van der Waals surface area (Å²) < 4.78 is 37.3. The first-order valence-electron chi connectivity index (χ1n) is 13.2. The fraction of sp³-hybridized carbons (Fsp3) is 0.379. The van der Waals surface area contributed by atoms with E-state index in [0.29, 0.717) is 41.9 Å². The highest BCUT2D eigenvalue weighted by molar-refractivity contribution is 7.89. The third kappa shape index (κ3) is 8.92. The molecule has 1 aliphatic carbocycles. The van der Waals surface area contributed by atoms with Gasteiger partial charge in [0.1, 0.15) is 23.3 Å². The zero-order valence-corrected chi connectivity index (χ0v) is 23.9. The SMILES string of the molecule is CS(=O)(=O)NC(=O)c1ccc(-c2ccc(OCCNC[C@@H](O)c3ccc(Cl)nc3)cc2)cc1OC1CCCCC1. The number of aliphatic hydroxyl groups is 1. The Bertz CT molecular complexity index is 1380. The standard InChI is InChI=1S/C29H34ClN3O6S/c1-40(36,37)33-29(35)25-13-9-21(17-27(25)39-24-5-3-2-4-6-24)20-7-11-23(12-8-20)38-16-15-31-19-26(34)22-10-14-28(30)32-18-22/h7-14,17-18,24,26,31,34H,2-6,15-16,19H2,1H3,(H,33,35)/t26-/m1/s1. The highest BCUT2D eigenvalue weighted by atomic mass is 35.5. The smallest absolute Gasteiger partial charge is 0.268 e. The van der Waals surface area contributed by atoms with Crippen LogP contribution in [0, 0.1) is 0 Å². The van der Waals surface area contributed by atoms with Crippen molar-refractivity contribution in [2.75, 3.05) is 26.0 Å². The van der Waals surface area contributed by atoms with E-state index in [1.807, 2.05) is 29.0 Å². The minimum absolute atomic E-state index is 0.0119. The Morgan fingerprint density at radius 1 is 1.07 bits per heavy atom. The van der Waals surface area contributed by atoms with E-state index in [1.165, 1.54) is 0 Å². The Morgan fingerprint density at radius 2 is 1.80 bits per heavy atom. The maximum Gasteiger partial charge on any atom is 0.268 e. The topological polar surface area (TPSA) is 127 Å². The first kappa shape index (κ1) is 29.8. The summed E-state index contributed by atoms with van der Waals surface area (Å²) in [5.41, 5.74) is 2.60. The number of hydrogen-bond donors (Lipinski definition) is 3. The van der Waals surface area contributed by atoms with Crippen LogP contribution in [0.5, 0.6) is 11.5 Å². The fourth-order valence-electron chi connectivity index (χ4n) is 4.50. The van der Waals surface area contributed by atoms with Crippen molar-refractivity contribution in [1.82, 2.24) is 15.0 Å². The van der Waals surface area contributed by atoms with Crippen LogP contribution in [0.4, 0.5) is 0 Å². The molecule has 0 radical (unpaired) electrons. The number of aromatic nitrogens is 1. The molecule has 0 saturated heterocycles. The molecule has 1 fully saturated rings. The molecule has 3 N–H and O–H groups in total. The number of rotatable bonds is 12. The Hall–Kier alpha value is -3.18. The number of aliphatic hydroxyl groups excluding tert-OH is 1. The van der Waals surface area contributed by atoms with E-state index in [4.69, 9.17) is 21.1 Å². The van der Waals surface area contributed by atoms with Crippen LogP contribution in [0.15, 0.2) is 60.8 Å². The first-order valence-corrected chi connectivity index (χ1v) is 15.5. The fourth-order valence-corrected chi connectivity index (χ4v) is 5.06. The van der Waals surface area contributed by atoms with Crippen LogP contribution in [-0.4, -0.2) is 56.5 Å². The highest BCUT2D eigenvalue weighted by Crippen LogP contribution is 2.32. The summed E-state index contributed by atoms with van der Waals surface area (Å²) in [5, 5.41) is 13.8. The zero-order valence-electron chi connectivity index (χ0n) is 22.3. The second-order valence-electron chi connectivity index (χ2n) is 9.80. The molecule has 0 spiro atoms. The first-order chi connectivity index (χ1) is 19.2. The van der Waals surface area contributed by atoms with Crippen molar-refractivity contribution < 1.29 is 27.8 Å².